The summed E-state index contributed by atoms with van der Waals surface area (Å²) in [5.41, 5.74) is 2.18. The van der Waals surface area contributed by atoms with Crippen LogP contribution in [0.3, 0.4) is 0 Å². The van der Waals surface area contributed by atoms with E-state index in [2.05, 4.69) is 16.5 Å². The van der Waals surface area contributed by atoms with Gasteiger partial charge in [0.05, 0.1) is 24.9 Å². The summed E-state index contributed by atoms with van der Waals surface area (Å²) in [7, 11) is 0. The van der Waals surface area contributed by atoms with E-state index in [4.69, 9.17) is 9.47 Å². The number of aryl methyl sites for hydroxylation is 2. The Morgan fingerprint density at radius 2 is 2.04 bits per heavy atom. The van der Waals surface area contributed by atoms with Gasteiger partial charge in [0.2, 0.25) is 5.91 Å². The Morgan fingerprint density at radius 1 is 1.25 bits per heavy atom. The second kappa shape index (κ2) is 7.39. The first-order valence-corrected chi connectivity index (χ1v) is 9.66. The van der Waals surface area contributed by atoms with Gasteiger partial charge in [-0.15, -0.1) is 0 Å². The van der Waals surface area contributed by atoms with Gasteiger partial charge < -0.3 is 14.8 Å². The maximum atomic E-state index is 12.7. The van der Waals surface area contributed by atoms with Gasteiger partial charge >= 0.3 is 0 Å². The zero-order valence-electron chi connectivity index (χ0n) is 16.2. The predicted molar refractivity (Wildman–Crippen MR) is 103 cm³/mol. The molecular formula is C21H25N3O4. The number of nitrogens with one attached hydrogen (secondary N) is 1. The van der Waals surface area contributed by atoms with Crippen LogP contribution < -0.4 is 15.6 Å². The SMILES string of the molecule is Cc1ccc2c(c1)C(NC(=O)Cn1nc(C)ccc1=O)CC1(CCOCC1)O2. The molecule has 1 saturated heterocycles. The third-order valence-electron chi connectivity index (χ3n) is 5.48. The fraction of sp³-hybridized carbons (Fsp3) is 0.476. The Bertz CT molecular complexity index is 947. The van der Waals surface area contributed by atoms with Crippen molar-refractivity contribution in [2.24, 2.45) is 0 Å². The number of fused-ring (bicyclic) bond motifs is 1. The number of aromatic nitrogens is 2. The van der Waals surface area contributed by atoms with Crippen molar-refractivity contribution in [3.05, 3.63) is 57.5 Å². The van der Waals surface area contributed by atoms with E-state index >= 15 is 0 Å². The van der Waals surface area contributed by atoms with Gasteiger partial charge in [0.15, 0.2) is 0 Å². The lowest BCUT2D eigenvalue weighted by Gasteiger charge is -2.44. The number of carbonyl (C=O) groups is 1. The van der Waals surface area contributed by atoms with Crippen LogP contribution in [0, 0.1) is 13.8 Å². The molecule has 1 aromatic heterocycles. The lowest BCUT2D eigenvalue weighted by atomic mass is 9.81. The van der Waals surface area contributed by atoms with Crippen LogP contribution in [-0.4, -0.2) is 34.5 Å². The highest BCUT2D eigenvalue weighted by molar-refractivity contribution is 5.76. The van der Waals surface area contributed by atoms with Gasteiger partial charge in [-0.1, -0.05) is 17.7 Å². The van der Waals surface area contributed by atoms with Crippen LogP contribution in [0.5, 0.6) is 5.75 Å². The average Bonchev–Trinajstić information content (AvgIpc) is 2.66. The second-order valence-electron chi connectivity index (χ2n) is 7.73. The van der Waals surface area contributed by atoms with Crippen LogP contribution in [0.2, 0.25) is 0 Å². The number of nitrogens with zero attached hydrogens (tertiary/aromatic N) is 2. The Labute approximate surface area is 163 Å². The minimum absolute atomic E-state index is 0.102. The summed E-state index contributed by atoms with van der Waals surface area (Å²) >= 11 is 0. The molecule has 4 rings (SSSR count). The predicted octanol–water partition coefficient (Wildman–Crippen LogP) is 2.05. The quantitative estimate of drug-likeness (QED) is 0.877. The zero-order chi connectivity index (χ0) is 19.7. The normalized spacial score (nSPS) is 20.3. The van der Waals surface area contributed by atoms with Crippen molar-refractivity contribution in [3.8, 4) is 5.75 Å². The molecule has 0 aliphatic carbocycles. The number of hydrogen-bond acceptors (Lipinski definition) is 5. The van der Waals surface area contributed by atoms with E-state index in [1.807, 2.05) is 19.1 Å². The molecular weight excluding hydrogens is 358 g/mol. The number of benzene rings is 1. The molecule has 28 heavy (non-hydrogen) atoms. The third-order valence-corrected chi connectivity index (χ3v) is 5.48. The molecule has 0 saturated carbocycles. The van der Waals surface area contributed by atoms with Crippen molar-refractivity contribution < 1.29 is 14.3 Å². The van der Waals surface area contributed by atoms with E-state index < -0.39 is 0 Å². The number of carbonyl (C=O) groups excluding carboxylic acids is 1. The molecule has 1 aromatic carbocycles. The molecule has 1 unspecified atom stereocenters. The first-order chi connectivity index (χ1) is 13.4. The topological polar surface area (TPSA) is 82.5 Å². The molecule has 2 aromatic rings. The minimum atomic E-state index is -0.323. The molecule has 7 nitrogen and oxygen atoms in total. The molecule has 1 N–H and O–H groups in total. The molecule has 1 amide bonds. The molecule has 0 radical (unpaired) electrons. The summed E-state index contributed by atoms with van der Waals surface area (Å²) < 4.78 is 13.1. The average molecular weight is 383 g/mol. The molecule has 2 aliphatic heterocycles. The Balaban J connectivity index is 1.58. The van der Waals surface area contributed by atoms with Gasteiger partial charge in [-0.25, -0.2) is 4.68 Å². The maximum Gasteiger partial charge on any atom is 0.267 e. The van der Waals surface area contributed by atoms with Gasteiger partial charge in [0.1, 0.15) is 17.9 Å². The lowest BCUT2D eigenvalue weighted by Crippen LogP contribution is -2.49. The standard InChI is InChI=1S/C21H25N3O4/c1-14-3-5-18-16(11-14)17(12-21(28-18)7-9-27-10-8-21)22-19(25)13-24-20(26)6-4-15(2)23-24/h3-6,11,17H,7-10,12-13H2,1-2H3,(H,22,25). The van der Waals surface area contributed by atoms with Gasteiger partial charge in [-0.3, -0.25) is 9.59 Å². The van der Waals surface area contributed by atoms with Crippen molar-refractivity contribution >= 4 is 5.91 Å². The fourth-order valence-corrected chi connectivity index (χ4v) is 4.01. The van der Waals surface area contributed by atoms with E-state index in [-0.39, 0.29) is 29.7 Å². The lowest BCUT2D eigenvalue weighted by molar-refractivity contribution is -0.124. The Hall–Kier alpha value is -2.67. The van der Waals surface area contributed by atoms with E-state index in [0.717, 1.165) is 29.7 Å². The first-order valence-electron chi connectivity index (χ1n) is 9.66. The molecule has 0 bridgehead atoms. The van der Waals surface area contributed by atoms with Crippen molar-refractivity contribution in [2.45, 2.75) is 51.3 Å². The van der Waals surface area contributed by atoms with Crippen LogP contribution in [0.4, 0.5) is 0 Å². The smallest absolute Gasteiger partial charge is 0.267 e. The van der Waals surface area contributed by atoms with Crippen LogP contribution in [0.15, 0.2) is 35.1 Å². The molecule has 1 fully saturated rings. The summed E-state index contributed by atoms with van der Waals surface area (Å²) in [6, 6.07) is 8.96. The van der Waals surface area contributed by atoms with Crippen LogP contribution in [0.25, 0.3) is 0 Å². The van der Waals surface area contributed by atoms with Gasteiger partial charge in [-0.05, 0) is 26.0 Å². The molecule has 1 spiro atoms. The molecule has 7 heteroatoms. The van der Waals surface area contributed by atoms with Crippen molar-refractivity contribution in [1.82, 2.24) is 15.1 Å². The summed E-state index contributed by atoms with van der Waals surface area (Å²) in [6.07, 6.45) is 2.28. The third kappa shape index (κ3) is 3.80. The zero-order valence-corrected chi connectivity index (χ0v) is 16.2. The summed E-state index contributed by atoms with van der Waals surface area (Å²) in [6.45, 7) is 5.03. The second-order valence-corrected chi connectivity index (χ2v) is 7.73. The van der Waals surface area contributed by atoms with Crippen molar-refractivity contribution in [1.29, 1.82) is 0 Å². The van der Waals surface area contributed by atoms with Crippen molar-refractivity contribution in [2.75, 3.05) is 13.2 Å². The van der Waals surface area contributed by atoms with Crippen LogP contribution in [0.1, 0.15) is 42.1 Å². The highest BCUT2D eigenvalue weighted by Gasteiger charge is 2.42. The Kier molecular flexibility index (Phi) is 4.93. The van der Waals surface area contributed by atoms with Gasteiger partial charge in [0.25, 0.3) is 5.56 Å². The van der Waals surface area contributed by atoms with E-state index in [0.29, 0.717) is 25.3 Å². The fourth-order valence-electron chi connectivity index (χ4n) is 4.01. The van der Waals surface area contributed by atoms with E-state index in [9.17, 15) is 9.59 Å². The molecule has 148 valence electrons. The molecule has 2 aliphatic rings. The monoisotopic (exact) mass is 383 g/mol. The summed E-state index contributed by atoms with van der Waals surface area (Å²) in [5, 5.41) is 7.26. The maximum absolute atomic E-state index is 12.7. The summed E-state index contributed by atoms with van der Waals surface area (Å²) in [5.74, 6) is 0.580. The number of hydrogen-bond donors (Lipinski definition) is 1. The largest absolute Gasteiger partial charge is 0.487 e. The minimum Gasteiger partial charge on any atom is -0.487 e. The van der Waals surface area contributed by atoms with Crippen LogP contribution in [-0.2, 0) is 16.1 Å². The highest BCUT2D eigenvalue weighted by Crippen LogP contribution is 2.44. The Morgan fingerprint density at radius 3 is 2.82 bits per heavy atom. The summed E-state index contributed by atoms with van der Waals surface area (Å²) in [4.78, 5) is 24.7. The first kappa shape index (κ1) is 18.7. The number of ether oxygens (including phenoxy) is 2. The number of amides is 1. The van der Waals surface area contributed by atoms with Crippen LogP contribution >= 0.6 is 0 Å². The van der Waals surface area contributed by atoms with E-state index in [1.54, 1.807) is 13.0 Å². The van der Waals surface area contributed by atoms with E-state index in [1.165, 1.54) is 10.7 Å². The van der Waals surface area contributed by atoms with Crippen molar-refractivity contribution in [3.63, 3.8) is 0 Å². The van der Waals surface area contributed by atoms with Gasteiger partial charge in [-0.2, -0.15) is 5.10 Å². The molecule has 1 atom stereocenters. The molecule has 3 heterocycles. The number of rotatable bonds is 3. The highest BCUT2D eigenvalue weighted by atomic mass is 16.5. The van der Waals surface area contributed by atoms with Gasteiger partial charge in [0, 0.05) is 30.9 Å².